The Morgan fingerprint density at radius 2 is 2.00 bits per heavy atom. The number of aryl methyl sites for hydroxylation is 1. The van der Waals surface area contributed by atoms with E-state index in [1.54, 1.807) is 0 Å². The minimum atomic E-state index is -4.12. The van der Waals surface area contributed by atoms with Gasteiger partial charge in [-0.05, 0) is 24.4 Å². The normalized spacial score (nSPS) is 12.1. The lowest BCUT2D eigenvalue weighted by atomic mass is 10.3. The molecule has 0 N–H and O–H groups in total. The van der Waals surface area contributed by atoms with Crippen LogP contribution in [0.4, 0.5) is 13.2 Å². The minimum absolute atomic E-state index is 0.00201. The molecule has 0 unspecified atom stereocenters. The number of alkyl halides is 3. The van der Waals surface area contributed by atoms with E-state index in [4.69, 9.17) is 11.6 Å². The van der Waals surface area contributed by atoms with Crippen LogP contribution < -0.4 is 0 Å². The predicted molar refractivity (Wildman–Crippen MR) is 54.3 cm³/mol. The molecule has 0 saturated carbocycles. The largest absolute Gasteiger partial charge is 0.389 e. The lowest BCUT2D eigenvalue weighted by molar-refractivity contribution is -0.135. The molecule has 1 heterocycles. The number of rotatable bonds is 5. The average Bonchev–Trinajstić information content (AvgIpc) is 2.48. The van der Waals surface area contributed by atoms with Gasteiger partial charge in [-0.25, -0.2) is 0 Å². The highest BCUT2D eigenvalue weighted by Gasteiger charge is 2.26. The maximum absolute atomic E-state index is 12.0. The summed E-state index contributed by atoms with van der Waals surface area (Å²) in [6, 6.07) is 0. The van der Waals surface area contributed by atoms with Crippen molar-refractivity contribution in [3.63, 3.8) is 0 Å². The molecular weight excluding hydrogens is 243 g/mol. The van der Waals surface area contributed by atoms with Crippen LogP contribution in [0, 0.1) is 0 Å². The first-order chi connectivity index (χ1) is 7.44. The molecule has 3 nitrogen and oxygen atoms in total. The molecule has 0 atom stereocenters. The van der Waals surface area contributed by atoms with Crippen LogP contribution in [-0.4, -0.2) is 20.9 Å². The third-order valence-corrected chi connectivity index (χ3v) is 2.38. The molecule has 0 aliphatic heterocycles. The van der Waals surface area contributed by atoms with Crippen LogP contribution in [0.1, 0.15) is 32.0 Å². The monoisotopic (exact) mass is 255 g/mol. The Balaban J connectivity index is 2.55. The van der Waals surface area contributed by atoms with E-state index in [0.29, 0.717) is 12.2 Å². The first-order valence-corrected chi connectivity index (χ1v) is 5.46. The molecule has 0 spiro atoms. The van der Waals surface area contributed by atoms with E-state index in [-0.39, 0.29) is 18.2 Å². The van der Waals surface area contributed by atoms with Crippen molar-refractivity contribution in [3.05, 3.63) is 11.1 Å². The minimum Gasteiger partial charge on any atom is -0.302 e. The molecule has 1 aromatic rings. The van der Waals surface area contributed by atoms with Gasteiger partial charge in [0.05, 0.1) is 0 Å². The van der Waals surface area contributed by atoms with Crippen LogP contribution in [0.3, 0.4) is 0 Å². The summed E-state index contributed by atoms with van der Waals surface area (Å²) in [6.07, 6.45) is -3.41. The average molecular weight is 256 g/mol. The second kappa shape index (κ2) is 5.52. The molecule has 0 saturated heterocycles. The van der Waals surface area contributed by atoms with Crippen molar-refractivity contribution in [3.8, 4) is 0 Å². The molecule has 0 fully saturated rings. The fourth-order valence-corrected chi connectivity index (χ4v) is 1.60. The van der Waals surface area contributed by atoms with E-state index in [1.165, 1.54) is 4.57 Å². The number of hydrogen-bond donors (Lipinski definition) is 0. The summed E-state index contributed by atoms with van der Waals surface area (Å²) in [5.41, 5.74) is 0. The molecule has 92 valence electrons. The molecule has 0 amide bonds. The van der Waals surface area contributed by atoms with Crippen molar-refractivity contribution in [2.75, 3.05) is 0 Å². The zero-order valence-electron chi connectivity index (χ0n) is 8.89. The fourth-order valence-electron chi connectivity index (χ4n) is 1.38. The maximum atomic E-state index is 12.0. The van der Waals surface area contributed by atoms with Crippen LogP contribution in [0.15, 0.2) is 0 Å². The molecule has 7 heteroatoms. The first-order valence-electron chi connectivity index (χ1n) is 5.08. The molecule has 1 aromatic heterocycles. The summed E-state index contributed by atoms with van der Waals surface area (Å²) < 4.78 is 37.4. The van der Waals surface area contributed by atoms with Gasteiger partial charge in [0.15, 0.2) is 0 Å². The second-order valence-electron chi connectivity index (χ2n) is 3.51. The van der Waals surface area contributed by atoms with Gasteiger partial charge in [0.1, 0.15) is 5.82 Å². The summed E-state index contributed by atoms with van der Waals surface area (Å²) in [5, 5.41) is 7.63. The quantitative estimate of drug-likeness (QED) is 0.809. The van der Waals surface area contributed by atoms with Crippen LogP contribution in [0.2, 0.25) is 5.28 Å². The van der Waals surface area contributed by atoms with Crippen molar-refractivity contribution in [1.82, 2.24) is 14.8 Å². The van der Waals surface area contributed by atoms with Crippen LogP contribution in [0.25, 0.3) is 0 Å². The summed E-state index contributed by atoms with van der Waals surface area (Å²) in [6.45, 7) is 2.17. The fraction of sp³-hybridized carbons (Fsp3) is 0.778. The molecular formula is C9H13ClF3N3. The van der Waals surface area contributed by atoms with E-state index >= 15 is 0 Å². The summed E-state index contributed by atoms with van der Waals surface area (Å²) in [5.74, 6) is 0.648. The maximum Gasteiger partial charge on any atom is 0.389 e. The van der Waals surface area contributed by atoms with Crippen molar-refractivity contribution >= 4 is 11.6 Å². The molecule has 0 aliphatic carbocycles. The number of aromatic nitrogens is 3. The van der Waals surface area contributed by atoms with Crippen molar-refractivity contribution in [2.24, 2.45) is 0 Å². The number of nitrogens with zero attached hydrogens (tertiary/aromatic N) is 3. The Hall–Kier alpha value is -0.780. The van der Waals surface area contributed by atoms with Gasteiger partial charge in [-0.3, -0.25) is 0 Å². The molecule has 0 radical (unpaired) electrons. The van der Waals surface area contributed by atoms with E-state index in [1.807, 2.05) is 6.92 Å². The molecule has 0 bridgehead atoms. The highest BCUT2D eigenvalue weighted by Crippen LogP contribution is 2.22. The number of halogens is 4. The summed E-state index contributed by atoms with van der Waals surface area (Å²) in [7, 11) is 0. The molecule has 0 aromatic carbocycles. The van der Waals surface area contributed by atoms with Gasteiger partial charge in [0.25, 0.3) is 0 Å². The highest BCUT2D eigenvalue weighted by atomic mass is 35.5. The highest BCUT2D eigenvalue weighted by molar-refractivity contribution is 6.28. The van der Waals surface area contributed by atoms with Crippen LogP contribution >= 0.6 is 11.6 Å². The Morgan fingerprint density at radius 3 is 2.56 bits per heavy atom. The zero-order chi connectivity index (χ0) is 12.2. The lowest BCUT2D eigenvalue weighted by Gasteiger charge is -2.08. The predicted octanol–water partition coefficient (Wildman–Crippen LogP) is 3.23. The first kappa shape index (κ1) is 13.3. The zero-order valence-corrected chi connectivity index (χ0v) is 9.64. The van der Waals surface area contributed by atoms with Crippen molar-refractivity contribution in [1.29, 1.82) is 0 Å². The van der Waals surface area contributed by atoms with Gasteiger partial charge in [0.2, 0.25) is 5.28 Å². The summed E-state index contributed by atoms with van der Waals surface area (Å²) in [4.78, 5) is 0. The summed E-state index contributed by atoms with van der Waals surface area (Å²) >= 11 is 5.74. The number of hydrogen-bond acceptors (Lipinski definition) is 2. The Bertz CT molecular complexity index is 335. The Kier molecular flexibility index (Phi) is 4.58. The van der Waals surface area contributed by atoms with Crippen molar-refractivity contribution in [2.45, 2.75) is 45.3 Å². The van der Waals surface area contributed by atoms with Crippen LogP contribution in [0.5, 0.6) is 0 Å². The smallest absolute Gasteiger partial charge is 0.302 e. The SMILES string of the molecule is CCCc1nnc(Cl)n1CCCC(F)(F)F. The third-order valence-electron chi connectivity index (χ3n) is 2.10. The Morgan fingerprint density at radius 1 is 1.31 bits per heavy atom. The van der Waals surface area contributed by atoms with Gasteiger partial charge in [0, 0.05) is 19.4 Å². The van der Waals surface area contributed by atoms with Gasteiger partial charge in [-0.15, -0.1) is 10.2 Å². The molecule has 1 rings (SSSR count). The third kappa shape index (κ3) is 4.00. The van der Waals surface area contributed by atoms with Crippen LogP contribution in [-0.2, 0) is 13.0 Å². The van der Waals surface area contributed by atoms with Gasteiger partial charge in [-0.2, -0.15) is 13.2 Å². The van der Waals surface area contributed by atoms with E-state index in [9.17, 15) is 13.2 Å². The van der Waals surface area contributed by atoms with Gasteiger partial charge in [-0.1, -0.05) is 6.92 Å². The lowest BCUT2D eigenvalue weighted by Crippen LogP contribution is -2.11. The van der Waals surface area contributed by atoms with Gasteiger partial charge < -0.3 is 4.57 Å². The second-order valence-corrected chi connectivity index (χ2v) is 3.84. The topological polar surface area (TPSA) is 30.7 Å². The molecule has 16 heavy (non-hydrogen) atoms. The van der Waals surface area contributed by atoms with E-state index < -0.39 is 12.6 Å². The van der Waals surface area contributed by atoms with E-state index in [0.717, 1.165) is 6.42 Å². The van der Waals surface area contributed by atoms with Crippen molar-refractivity contribution < 1.29 is 13.2 Å². The standard InChI is InChI=1S/C9H13ClF3N3/c1-2-4-7-14-15-8(10)16(7)6-3-5-9(11,12)13/h2-6H2,1H3. The van der Waals surface area contributed by atoms with E-state index in [2.05, 4.69) is 10.2 Å². The molecule has 0 aliphatic rings. The Labute approximate surface area is 96.6 Å². The van der Waals surface area contributed by atoms with Gasteiger partial charge >= 0.3 is 6.18 Å².